The van der Waals surface area contributed by atoms with Crippen LogP contribution in [0.2, 0.25) is 1.41 Å². The van der Waals surface area contributed by atoms with Gasteiger partial charge in [0.25, 0.3) is 0 Å². The quantitative estimate of drug-likeness (QED) is 0.603. The number of benzene rings is 1. The van der Waals surface area contributed by atoms with Crippen LogP contribution in [-0.4, -0.2) is 75.4 Å². The Hall–Kier alpha value is -1.64. The van der Waals surface area contributed by atoms with Crippen molar-refractivity contribution in [1.29, 1.82) is 0 Å². The Bertz CT molecular complexity index is 1410. The molecule has 164 valence electrons. The van der Waals surface area contributed by atoms with E-state index in [0.717, 1.165) is 13.0 Å². The number of nitrogens with zero attached hydrogens (tertiary/aromatic N) is 3. The second-order valence-corrected chi connectivity index (χ2v) is 7.74. The first-order valence-corrected chi connectivity index (χ1v) is 10.2. The van der Waals surface area contributed by atoms with Gasteiger partial charge in [0, 0.05) is 77.1 Å². The average molecular weight is 443 g/mol. The molecule has 29 heavy (non-hydrogen) atoms. The second kappa shape index (κ2) is 10.9. The second-order valence-electron chi connectivity index (χ2n) is 6.22. The molecule has 1 aromatic carbocycles. The largest absolute Gasteiger partial charge is 0.369 e. The van der Waals surface area contributed by atoms with Crippen LogP contribution in [0.5, 0.6) is 0 Å². The summed E-state index contributed by atoms with van der Waals surface area (Å²) in [7, 11) is -6.34. The van der Waals surface area contributed by atoms with Crippen molar-refractivity contribution in [1.82, 2.24) is 9.21 Å². The van der Waals surface area contributed by atoms with Gasteiger partial charge in [-0.25, -0.2) is 12.7 Å². The Labute approximate surface area is 201 Å². The summed E-state index contributed by atoms with van der Waals surface area (Å²) in [6.07, 6.45) is -1.08. The van der Waals surface area contributed by atoms with Crippen LogP contribution in [0.25, 0.3) is 0 Å². The third-order valence-electron chi connectivity index (χ3n) is 3.99. The molecule has 0 atom stereocenters. The number of amides is 1. The average Bonchev–Trinajstić information content (AvgIpc) is 2.85. The maximum Gasteiger partial charge on any atom is 0.221 e. The van der Waals surface area contributed by atoms with Crippen LogP contribution < -0.4 is 10.2 Å². The minimum absolute atomic E-state index is 0.0469. The third-order valence-corrected chi connectivity index (χ3v) is 5.06. The van der Waals surface area contributed by atoms with Crippen molar-refractivity contribution in [2.75, 3.05) is 62.1 Å². The molecule has 1 amide bonds. The summed E-state index contributed by atoms with van der Waals surface area (Å²) >= 11 is 0. The lowest BCUT2D eigenvalue weighted by atomic mass is 10.2. The number of carbonyl (C=O) groups is 1. The molecule has 1 fully saturated rings. The Kier molecular flexibility index (Phi) is 3.34. The van der Waals surface area contributed by atoms with Crippen LogP contribution in [0.1, 0.15) is 56.8 Å². The van der Waals surface area contributed by atoms with Gasteiger partial charge in [0.05, 0.1) is 9.82 Å². The third kappa shape index (κ3) is 7.95. The molecule has 0 aromatic heterocycles. The zero-order valence-electron chi connectivity index (χ0n) is 33.9. The molecule has 0 radical (unpaired) electrons. The fourth-order valence-electron chi connectivity index (χ4n) is 2.68. The van der Waals surface area contributed by atoms with E-state index in [9.17, 15) is 13.2 Å². The van der Waals surface area contributed by atoms with Gasteiger partial charge in [0.1, 0.15) is 0 Å². The monoisotopic (exact) mass is 442 g/mol. The van der Waals surface area contributed by atoms with Crippen molar-refractivity contribution < 1.29 is 37.9 Å². The molecule has 7 nitrogen and oxygen atoms in total. The highest BCUT2D eigenvalue weighted by atomic mass is 32.2. The smallest absolute Gasteiger partial charge is 0.221 e. The van der Waals surface area contributed by atoms with Crippen LogP contribution in [-0.2, 0) is 14.8 Å². The van der Waals surface area contributed by atoms with Crippen molar-refractivity contribution in [3.63, 3.8) is 0 Å². The normalized spacial score (nSPS) is 27.6. The van der Waals surface area contributed by atoms with Gasteiger partial charge in [-0.15, -0.1) is 0 Å². The van der Waals surface area contributed by atoms with E-state index >= 15 is 0 Å². The molecule has 1 heterocycles. The van der Waals surface area contributed by atoms with Gasteiger partial charge in [0.2, 0.25) is 15.9 Å². The molecule has 1 aliphatic heterocycles. The summed E-state index contributed by atoms with van der Waals surface area (Å²) < 4.78 is 167. The Balaban J connectivity index is 2.27. The van der Waals surface area contributed by atoms with Gasteiger partial charge >= 0.3 is 0 Å². The first-order valence-electron chi connectivity index (χ1n) is 17.8. The van der Waals surface area contributed by atoms with Gasteiger partial charge in [-0.05, 0) is 43.4 Å². The Morgan fingerprint density at radius 2 is 2.14 bits per heavy atom. The van der Waals surface area contributed by atoms with Crippen molar-refractivity contribution in [3.8, 4) is 0 Å². The van der Waals surface area contributed by atoms with Crippen molar-refractivity contribution in [2.45, 2.75) is 33.5 Å². The summed E-state index contributed by atoms with van der Waals surface area (Å²) in [6, 6.07) is 0.208. The number of piperazine rings is 1. The summed E-state index contributed by atoms with van der Waals surface area (Å²) in [4.78, 5) is 15.1. The number of anilines is 2. The summed E-state index contributed by atoms with van der Waals surface area (Å²) in [5, 5.41) is 0.391. The number of hydrogen-bond acceptors (Lipinski definition) is 5. The molecule has 2 rings (SSSR count). The molecule has 1 saturated heterocycles. The van der Waals surface area contributed by atoms with E-state index in [1.54, 1.807) is 9.80 Å². The van der Waals surface area contributed by atoms with Gasteiger partial charge in [-0.2, -0.15) is 0 Å². The van der Waals surface area contributed by atoms with E-state index in [4.69, 9.17) is 24.7 Å². The lowest BCUT2D eigenvalue weighted by molar-refractivity contribution is -0.114. The SMILES string of the molecule is [2H]c1cc([2H])c(N([2H])C(C)=O)c([2H])c1N1CCN(CCCC([2H])([2H])N(C([2H])([2H])[2H])S(=O)(=O)C([2H])([2H])C([2H])(C([2H])([2H])[2H])C([2H])([2H])[2H])CC1. The van der Waals surface area contributed by atoms with Crippen LogP contribution in [0.15, 0.2) is 24.2 Å². The standard InChI is InChI=1S/C21H36N4O3S/c1-18(2)17-29(27,28)23(4)10-5-6-11-24-12-14-25(15-13-24)21-9-7-8-20(16-21)22-19(3)26/h7-9,16,18H,5-6,10-15,17H2,1-4H3,(H,22,26)/i1D3,2D3,4D3,8D,9D,10D2,16D,17D2,18D/hD. The van der Waals surface area contributed by atoms with E-state index in [0.29, 0.717) is 5.31 Å². The highest BCUT2D eigenvalue weighted by Crippen LogP contribution is 2.21. The van der Waals surface area contributed by atoms with E-state index in [1.807, 2.05) is 0 Å². The number of carbonyl (C=O) groups excluding carboxylic acids is 1. The summed E-state index contributed by atoms with van der Waals surface area (Å²) in [6.45, 7) is -13.6. The van der Waals surface area contributed by atoms with Crippen molar-refractivity contribution >= 4 is 27.3 Å². The van der Waals surface area contributed by atoms with E-state index < -0.39 is 65.4 Å². The number of sulfonamides is 1. The molecule has 1 N–H and O–H groups in total. The minimum Gasteiger partial charge on any atom is -0.369 e. The number of hydrogen-bond donors (Lipinski definition) is 1. The molecule has 0 aliphatic carbocycles. The molecule has 1 aliphatic rings. The van der Waals surface area contributed by atoms with E-state index in [-0.39, 0.29) is 68.6 Å². The van der Waals surface area contributed by atoms with Gasteiger partial charge in [0.15, 0.2) is 1.41 Å². The highest BCUT2D eigenvalue weighted by Gasteiger charge is 2.20. The van der Waals surface area contributed by atoms with Crippen LogP contribution in [0, 0.1) is 5.89 Å². The van der Waals surface area contributed by atoms with Crippen LogP contribution >= 0.6 is 0 Å². The lowest BCUT2D eigenvalue weighted by Crippen LogP contribution is -2.46. The zero-order chi connectivity index (χ0) is 36.9. The maximum absolute atomic E-state index is 13.4. The van der Waals surface area contributed by atoms with E-state index in [1.165, 1.54) is 0 Å². The molecular formula is C21H36N4O3S. The Morgan fingerprint density at radius 3 is 2.79 bits per heavy atom. The van der Waals surface area contributed by atoms with Gasteiger partial charge in [-0.1, -0.05) is 19.8 Å². The summed E-state index contributed by atoms with van der Waals surface area (Å²) in [5.41, 5.74) is -4.86. The van der Waals surface area contributed by atoms with Crippen LogP contribution in [0.3, 0.4) is 0 Å². The molecule has 0 bridgehead atoms. The maximum atomic E-state index is 13.4. The molecule has 0 spiro atoms. The first-order chi connectivity index (χ1) is 20.9. The summed E-state index contributed by atoms with van der Waals surface area (Å²) in [5.74, 6) is -5.15. The highest BCUT2D eigenvalue weighted by molar-refractivity contribution is 7.89. The minimum atomic E-state index is -6.34. The molecule has 8 heteroatoms. The predicted octanol–water partition coefficient (Wildman–Crippen LogP) is 2.46. The molecule has 1 aromatic rings. The first kappa shape index (κ1) is 8.85. The Morgan fingerprint density at radius 1 is 1.38 bits per heavy atom. The zero-order valence-corrected chi connectivity index (χ0v) is 16.8. The van der Waals surface area contributed by atoms with Crippen LogP contribution in [0.4, 0.5) is 11.4 Å². The lowest BCUT2D eigenvalue weighted by Gasteiger charge is -2.36. The fourth-order valence-corrected chi connectivity index (χ4v) is 3.29. The van der Waals surface area contributed by atoms with E-state index in [2.05, 4.69) is 0 Å². The predicted molar refractivity (Wildman–Crippen MR) is 120 cm³/mol. The van der Waals surface area contributed by atoms with Gasteiger partial charge in [-0.3, -0.25) is 9.69 Å². The van der Waals surface area contributed by atoms with Gasteiger partial charge < -0.3 is 10.2 Å². The molecule has 0 unspecified atom stereocenters. The molecule has 0 saturated carbocycles. The van der Waals surface area contributed by atoms with Crippen molar-refractivity contribution in [2.24, 2.45) is 5.89 Å². The fraction of sp³-hybridized carbons (Fsp3) is 0.667. The number of rotatable bonds is 10. The topological polar surface area (TPSA) is 73.0 Å². The van der Waals surface area contributed by atoms with Crippen molar-refractivity contribution in [3.05, 3.63) is 24.2 Å². The molecular weight excluding hydrogens is 388 g/mol. The number of nitrogens with one attached hydrogen (secondary N) is 1.